The molecule has 106 valence electrons. The SMILES string of the molecule is COCc1nc(NN)cc(Oc2cc(F)ccc2Br)n1. The van der Waals surface area contributed by atoms with Crippen molar-refractivity contribution >= 4 is 21.7 Å². The summed E-state index contributed by atoms with van der Waals surface area (Å²) in [6, 6.07) is 5.61. The molecule has 0 unspecified atom stereocenters. The van der Waals surface area contributed by atoms with E-state index in [0.29, 0.717) is 21.9 Å². The molecule has 0 radical (unpaired) electrons. The third-order valence-corrected chi connectivity index (χ3v) is 2.93. The quantitative estimate of drug-likeness (QED) is 0.642. The molecule has 1 heterocycles. The number of anilines is 1. The van der Waals surface area contributed by atoms with Crippen molar-refractivity contribution < 1.29 is 13.9 Å². The number of ether oxygens (including phenoxy) is 2. The second-order valence-electron chi connectivity index (χ2n) is 3.76. The zero-order valence-electron chi connectivity index (χ0n) is 10.6. The molecule has 0 saturated heterocycles. The van der Waals surface area contributed by atoms with Gasteiger partial charge in [0, 0.05) is 19.2 Å². The summed E-state index contributed by atoms with van der Waals surface area (Å²) in [4.78, 5) is 8.23. The fourth-order valence-electron chi connectivity index (χ4n) is 1.46. The number of hydrazine groups is 1. The maximum Gasteiger partial charge on any atom is 0.224 e. The molecule has 20 heavy (non-hydrogen) atoms. The minimum Gasteiger partial charge on any atom is -0.438 e. The highest BCUT2D eigenvalue weighted by Crippen LogP contribution is 2.30. The second kappa shape index (κ2) is 6.60. The first-order valence-corrected chi connectivity index (χ1v) is 6.38. The van der Waals surface area contributed by atoms with Crippen molar-refractivity contribution in [3.8, 4) is 11.6 Å². The van der Waals surface area contributed by atoms with Crippen LogP contribution in [0.1, 0.15) is 5.82 Å². The molecule has 2 rings (SSSR count). The van der Waals surface area contributed by atoms with Crippen LogP contribution in [0.2, 0.25) is 0 Å². The van der Waals surface area contributed by atoms with Crippen LogP contribution >= 0.6 is 15.9 Å². The maximum atomic E-state index is 13.2. The van der Waals surface area contributed by atoms with E-state index in [0.717, 1.165) is 0 Å². The Bertz CT molecular complexity index is 612. The van der Waals surface area contributed by atoms with Crippen LogP contribution in [0.15, 0.2) is 28.7 Å². The average Bonchev–Trinajstić information content (AvgIpc) is 2.43. The first kappa shape index (κ1) is 14.6. The molecule has 0 atom stereocenters. The normalized spacial score (nSPS) is 10.4. The minimum atomic E-state index is -0.411. The lowest BCUT2D eigenvalue weighted by molar-refractivity contribution is 0.177. The van der Waals surface area contributed by atoms with Gasteiger partial charge in [0.2, 0.25) is 5.88 Å². The van der Waals surface area contributed by atoms with E-state index in [9.17, 15) is 4.39 Å². The van der Waals surface area contributed by atoms with E-state index in [4.69, 9.17) is 15.3 Å². The van der Waals surface area contributed by atoms with Crippen molar-refractivity contribution in [2.75, 3.05) is 12.5 Å². The van der Waals surface area contributed by atoms with E-state index in [-0.39, 0.29) is 12.5 Å². The molecule has 8 heteroatoms. The molecule has 0 fully saturated rings. The summed E-state index contributed by atoms with van der Waals surface area (Å²) < 4.78 is 24.3. The Morgan fingerprint density at radius 2 is 2.15 bits per heavy atom. The summed E-state index contributed by atoms with van der Waals surface area (Å²) in [6.07, 6.45) is 0. The topological polar surface area (TPSA) is 82.3 Å². The van der Waals surface area contributed by atoms with Gasteiger partial charge in [-0.15, -0.1) is 0 Å². The van der Waals surface area contributed by atoms with Crippen molar-refractivity contribution in [3.63, 3.8) is 0 Å². The number of benzene rings is 1. The molecule has 1 aromatic heterocycles. The molecule has 0 bridgehead atoms. The summed E-state index contributed by atoms with van der Waals surface area (Å²) in [6.45, 7) is 0.205. The Labute approximate surface area is 123 Å². The van der Waals surface area contributed by atoms with E-state index < -0.39 is 5.82 Å². The van der Waals surface area contributed by atoms with Crippen molar-refractivity contribution in [2.24, 2.45) is 5.84 Å². The fourth-order valence-corrected chi connectivity index (χ4v) is 1.79. The van der Waals surface area contributed by atoms with Crippen LogP contribution in [0.3, 0.4) is 0 Å². The third-order valence-electron chi connectivity index (χ3n) is 2.28. The van der Waals surface area contributed by atoms with Crippen LogP contribution in [0, 0.1) is 5.82 Å². The Hall–Kier alpha value is -1.77. The second-order valence-corrected chi connectivity index (χ2v) is 4.62. The molecular weight excluding hydrogens is 331 g/mol. The molecule has 0 spiro atoms. The Kier molecular flexibility index (Phi) is 4.83. The van der Waals surface area contributed by atoms with Gasteiger partial charge in [-0.2, -0.15) is 4.98 Å². The Morgan fingerprint density at radius 1 is 1.35 bits per heavy atom. The number of hydrogen-bond donors (Lipinski definition) is 2. The van der Waals surface area contributed by atoms with Crippen molar-refractivity contribution in [3.05, 3.63) is 40.4 Å². The lowest BCUT2D eigenvalue weighted by Gasteiger charge is -2.10. The summed E-state index contributed by atoms with van der Waals surface area (Å²) in [5.74, 6) is 6.21. The van der Waals surface area contributed by atoms with Crippen molar-refractivity contribution in [1.82, 2.24) is 9.97 Å². The highest BCUT2D eigenvalue weighted by Gasteiger charge is 2.09. The van der Waals surface area contributed by atoms with Crippen LogP contribution in [-0.2, 0) is 11.3 Å². The highest BCUT2D eigenvalue weighted by molar-refractivity contribution is 9.10. The first-order valence-electron chi connectivity index (χ1n) is 5.59. The largest absolute Gasteiger partial charge is 0.438 e. The molecule has 0 amide bonds. The minimum absolute atomic E-state index is 0.205. The number of nitrogens with one attached hydrogen (secondary N) is 1. The number of halogens is 2. The van der Waals surface area contributed by atoms with E-state index in [1.54, 1.807) is 6.07 Å². The number of methoxy groups -OCH3 is 1. The molecule has 0 aliphatic heterocycles. The number of nitrogen functional groups attached to an aromatic ring is 1. The number of rotatable bonds is 5. The highest BCUT2D eigenvalue weighted by atomic mass is 79.9. The van der Waals surface area contributed by atoms with Gasteiger partial charge in [-0.1, -0.05) is 0 Å². The van der Waals surface area contributed by atoms with Crippen LogP contribution in [0.4, 0.5) is 10.2 Å². The van der Waals surface area contributed by atoms with E-state index >= 15 is 0 Å². The smallest absolute Gasteiger partial charge is 0.224 e. The lowest BCUT2D eigenvalue weighted by atomic mass is 10.3. The zero-order valence-corrected chi connectivity index (χ0v) is 12.1. The number of hydrogen-bond acceptors (Lipinski definition) is 6. The molecule has 1 aromatic carbocycles. The van der Waals surface area contributed by atoms with E-state index in [1.807, 2.05) is 0 Å². The summed E-state index contributed by atoms with van der Waals surface area (Å²) in [5.41, 5.74) is 2.41. The fraction of sp³-hybridized carbons (Fsp3) is 0.167. The van der Waals surface area contributed by atoms with Gasteiger partial charge >= 0.3 is 0 Å². The number of nitrogens with two attached hydrogens (primary N) is 1. The monoisotopic (exact) mass is 342 g/mol. The van der Waals surface area contributed by atoms with Gasteiger partial charge in [0.25, 0.3) is 0 Å². The van der Waals surface area contributed by atoms with Gasteiger partial charge in [0.15, 0.2) is 5.82 Å². The van der Waals surface area contributed by atoms with Crippen LogP contribution in [0.5, 0.6) is 11.6 Å². The van der Waals surface area contributed by atoms with E-state index in [1.165, 1.54) is 25.3 Å². The molecular formula is C12H12BrFN4O2. The molecule has 0 aliphatic rings. The summed E-state index contributed by atoms with van der Waals surface area (Å²) >= 11 is 3.27. The van der Waals surface area contributed by atoms with Crippen LogP contribution in [-0.4, -0.2) is 17.1 Å². The summed E-state index contributed by atoms with van der Waals surface area (Å²) in [5, 5.41) is 0. The van der Waals surface area contributed by atoms with E-state index in [2.05, 4.69) is 31.3 Å². The van der Waals surface area contributed by atoms with Crippen LogP contribution in [0.25, 0.3) is 0 Å². The molecule has 0 saturated carbocycles. The molecule has 3 N–H and O–H groups in total. The standard InChI is InChI=1S/C12H12BrFN4O2/c1-19-6-11-16-10(18-15)5-12(17-11)20-9-4-7(14)2-3-8(9)13/h2-5H,6,15H2,1H3,(H,16,17,18). The van der Waals surface area contributed by atoms with Crippen molar-refractivity contribution in [2.45, 2.75) is 6.61 Å². The molecule has 6 nitrogen and oxygen atoms in total. The van der Waals surface area contributed by atoms with Gasteiger partial charge in [0.1, 0.15) is 24.0 Å². The molecule has 0 aliphatic carbocycles. The molecule has 2 aromatic rings. The summed E-state index contributed by atoms with van der Waals surface area (Å²) in [7, 11) is 1.52. The van der Waals surface area contributed by atoms with Gasteiger partial charge in [-0.25, -0.2) is 15.2 Å². The zero-order chi connectivity index (χ0) is 14.5. The Balaban J connectivity index is 2.32. The van der Waals surface area contributed by atoms with Crippen LogP contribution < -0.4 is 16.0 Å². The van der Waals surface area contributed by atoms with Gasteiger partial charge < -0.3 is 14.9 Å². The predicted octanol–water partition coefficient (Wildman–Crippen LogP) is 2.60. The Morgan fingerprint density at radius 3 is 2.85 bits per heavy atom. The van der Waals surface area contributed by atoms with Gasteiger partial charge in [0.05, 0.1) is 4.47 Å². The van der Waals surface area contributed by atoms with Crippen molar-refractivity contribution in [1.29, 1.82) is 0 Å². The number of aromatic nitrogens is 2. The lowest BCUT2D eigenvalue weighted by Crippen LogP contribution is -2.11. The maximum absolute atomic E-state index is 13.2. The van der Waals surface area contributed by atoms with Gasteiger partial charge in [-0.3, -0.25) is 0 Å². The average molecular weight is 343 g/mol. The third kappa shape index (κ3) is 3.62. The first-order chi connectivity index (χ1) is 9.62. The van der Waals surface area contributed by atoms with Gasteiger partial charge in [-0.05, 0) is 28.1 Å². The number of nitrogens with zero attached hydrogens (tertiary/aromatic N) is 2. The predicted molar refractivity (Wildman–Crippen MR) is 74.7 cm³/mol.